The number of aliphatic carboxylic acids is 1. The van der Waals surface area contributed by atoms with Gasteiger partial charge in [-0.2, -0.15) is 0 Å². The summed E-state index contributed by atoms with van der Waals surface area (Å²) in [7, 11) is 1.58. The second-order valence-electron chi connectivity index (χ2n) is 4.24. The van der Waals surface area contributed by atoms with Crippen LogP contribution in [0, 0.1) is 0 Å². The van der Waals surface area contributed by atoms with Crippen molar-refractivity contribution in [3.63, 3.8) is 0 Å². The maximum Gasteiger partial charge on any atom is 0.327 e. The number of ether oxygens (including phenoxy) is 1. The Morgan fingerprint density at radius 2 is 2.00 bits per heavy atom. The molecule has 1 amide bonds. The quantitative estimate of drug-likeness (QED) is 0.914. The first-order valence-corrected chi connectivity index (χ1v) is 6.86. The summed E-state index contributed by atoms with van der Waals surface area (Å²) in [5.41, 5.74) is 0.907. The molecule has 6 heteroatoms. The molecule has 0 radical (unpaired) electrons. The van der Waals surface area contributed by atoms with Gasteiger partial charge >= 0.3 is 5.97 Å². The van der Waals surface area contributed by atoms with Gasteiger partial charge in [0.05, 0.1) is 7.11 Å². The van der Waals surface area contributed by atoms with Crippen molar-refractivity contribution in [2.45, 2.75) is 18.3 Å². The minimum Gasteiger partial charge on any atom is -0.497 e. The number of methoxy groups -OCH3 is 1. The summed E-state index contributed by atoms with van der Waals surface area (Å²) in [4.78, 5) is 24.3. The molecule has 5 nitrogen and oxygen atoms in total. The highest BCUT2D eigenvalue weighted by molar-refractivity contribution is 7.99. The lowest BCUT2D eigenvalue weighted by Gasteiger charge is -2.26. The highest BCUT2D eigenvalue weighted by atomic mass is 32.2. The fourth-order valence-corrected chi connectivity index (χ4v) is 3.58. The first-order valence-electron chi connectivity index (χ1n) is 5.82. The Morgan fingerprint density at radius 1 is 1.37 bits per heavy atom. The normalized spacial score (nSPS) is 22.3. The standard InChI is InChI=1S/C13H15NO4S/c1-8(15)14-11(13(16)17)7-19-12(14)9-3-5-10(18-2)6-4-9/h3-6,11-12H,7H2,1-2H3,(H,16,17)/t11-,12?/m0/s1. The van der Waals surface area contributed by atoms with Crippen molar-refractivity contribution in [1.82, 2.24) is 4.90 Å². The van der Waals surface area contributed by atoms with E-state index in [4.69, 9.17) is 9.84 Å². The highest BCUT2D eigenvalue weighted by Crippen LogP contribution is 2.41. The van der Waals surface area contributed by atoms with E-state index in [0.717, 1.165) is 11.3 Å². The average Bonchev–Trinajstić information content (AvgIpc) is 2.83. The van der Waals surface area contributed by atoms with Gasteiger partial charge in [0.1, 0.15) is 17.2 Å². The van der Waals surface area contributed by atoms with Gasteiger partial charge in [-0.15, -0.1) is 11.8 Å². The molecule has 1 aromatic carbocycles. The first kappa shape index (κ1) is 13.7. The number of hydrogen-bond acceptors (Lipinski definition) is 4. The Morgan fingerprint density at radius 3 is 2.47 bits per heavy atom. The van der Waals surface area contributed by atoms with E-state index >= 15 is 0 Å². The monoisotopic (exact) mass is 281 g/mol. The predicted molar refractivity (Wildman–Crippen MR) is 72.1 cm³/mol. The van der Waals surface area contributed by atoms with Gasteiger partial charge in [-0.05, 0) is 17.7 Å². The zero-order valence-electron chi connectivity index (χ0n) is 10.7. The van der Waals surface area contributed by atoms with Crippen molar-refractivity contribution < 1.29 is 19.4 Å². The number of nitrogens with zero attached hydrogens (tertiary/aromatic N) is 1. The number of thioether (sulfide) groups is 1. The summed E-state index contributed by atoms with van der Waals surface area (Å²) in [6.07, 6.45) is 0. The fourth-order valence-electron chi connectivity index (χ4n) is 2.11. The third kappa shape index (κ3) is 2.68. The van der Waals surface area contributed by atoms with E-state index in [2.05, 4.69) is 0 Å². The van der Waals surface area contributed by atoms with Crippen molar-refractivity contribution in [3.05, 3.63) is 29.8 Å². The number of amides is 1. The lowest BCUT2D eigenvalue weighted by Crippen LogP contribution is -2.41. The van der Waals surface area contributed by atoms with Crippen molar-refractivity contribution >= 4 is 23.6 Å². The zero-order chi connectivity index (χ0) is 14.0. The van der Waals surface area contributed by atoms with E-state index in [9.17, 15) is 9.59 Å². The van der Waals surface area contributed by atoms with Crippen LogP contribution >= 0.6 is 11.8 Å². The summed E-state index contributed by atoms with van der Waals surface area (Å²) in [6.45, 7) is 1.40. The minimum absolute atomic E-state index is 0.224. The van der Waals surface area contributed by atoms with Crippen LogP contribution in [0.5, 0.6) is 5.75 Å². The molecule has 2 rings (SSSR count). The Hall–Kier alpha value is -1.69. The number of hydrogen-bond donors (Lipinski definition) is 1. The number of carbonyl (C=O) groups excluding carboxylic acids is 1. The van der Waals surface area contributed by atoms with E-state index in [1.54, 1.807) is 7.11 Å². The largest absolute Gasteiger partial charge is 0.497 e. The lowest BCUT2D eigenvalue weighted by molar-refractivity contribution is -0.148. The van der Waals surface area contributed by atoms with Crippen molar-refractivity contribution in [3.8, 4) is 5.75 Å². The molecule has 0 saturated carbocycles. The summed E-state index contributed by atoms with van der Waals surface area (Å²) < 4.78 is 5.08. The molecule has 1 aromatic rings. The van der Waals surface area contributed by atoms with Gasteiger partial charge in [0.15, 0.2) is 0 Å². The average molecular weight is 281 g/mol. The molecule has 1 heterocycles. The van der Waals surface area contributed by atoms with Crippen LogP contribution in [0.25, 0.3) is 0 Å². The molecule has 102 valence electrons. The van der Waals surface area contributed by atoms with Gasteiger partial charge in [-0.25, -0.2) is 4.79 Å². The van der Waals surface area contributed by atoms with Gasteiger partial charge in [0, 0.05) is 12.7 Å². The van der Waals surface area contributed by atoms with Crippen molar-refractivity contribution in [2.24, 2.45) is 0 Å². The fraction of sp³-hybridized carbons (Fsp3) is 0.385. The topological polar surface area (TPSA) is 66.8 Å². The van der Waals surface area contributed by atoms with Crippen LogP contribution < -0.4 is 4.74 Å². The van der Waals surface area contributed by atoms with E-state index < -0.39 is 12.0 Å². The van der Waals surface area contributed by atoms with E-state index in [0.29, 0.717) is 5.75 Å². The Labute approximate surface area is 115 Å². The maximum atomic E-state index is 11.7. The van der Waals surface area contributed by atoms with Gasteiger partial charge in [0.2, 0.25) is 5.91 Å². The van der Waals surface area contributed by atoms with Crippen LogP contribution in [0.1, 0.15) is 17.9 Å². The number of carboxylic acids is 1. The first-order chi connectivity index (χ1) is 9.04. The summed E-state index contributed by atoms with van der Waals surface area (Å²) in [5, 5.41) is 8.91. The van der Waals surface area contributed by atoms with Crippen LogP contribution in [0.2, 0.25) is 0 Å². The van der Waals surface area contributed by atoms with Gasteiger partial charge < -0.3 is 14.7 Å². The van der Waals surface area contributed by atoms with Gasteiger partial charge in [-0.3, -0.25) is 4.79 Å². The van der Waals surface area contributed by atoms with Crippen molar-refractivity contribution in [1.29, 1.82) is 0 Å². The molecular weight excluding hydrogens is 266 g/mol. The van der Waals surface area contributed by atoms with E-state index in [1.165, 1.54) is 23.6 Å². The molecule has 19 heavy (non-hydrogen) atoms. The van der Waals surface area contributed by atoms with Crippen LogP contribution in [-0.2, 0) is 9.59 Å². The number of carbonyl (C=O) groups is 2. The molecular formula is C13H15NO4S. The molecule has 0 bridgehead atoms. The second kappa shape index (κ2) is 5.52. The third-order valence-corrected chi connectivity index (χ3v) is 4.37. The van der Waals surface area contributed by atoms with Gasteiger partial charge in [0.25, 0.3) is 0 Å². The summed E-state index contributed by atoms with van der Waals surface area (Å²) in [6, 6.07) is 6.58. The van der Waals surface area contributed by atoms with Crippen LogP contribution in [0.4, 0.5) is 0 Å². The predicted octanol–water partition coefficient (Wildman–Crippen LogP) is 1.74. The molecule has 0 aromatic heterocycles. The number of carboxylic acid groups (broad SMARTS) is 1. The van der Waals surface area contributed by atoms with Gasteiger partial charge in [-0.1, -0.05) is 12.1 Å². The molecule has 1 N–H and O–H groups in total. The summed E-state index contributed by atoms with van der Waals surface area (Å²) >= 11 is 1.47. The number of benzene rings is 1. The minimum atomic E-state index is -0.960. The van der Waals surface area contributed by atoms with Crippen LogP contribution in [0.15, 0.2) is 24.3 Å². The third-order valence-electron chi connectivity index (χ3n) is 3.05. The van der Waals surface area contributed by atoms with E-state index in [1.807, 2.05) is 24.3 Å². The molecule has 0 spiro atoms. The molecule has 1 fully saturated rings. The lowest BCUT2D eigenvalue weighted by atomic mass is 10.1. The highest BCUT2D eigenvalue weighted by Gasteiger charge is 2.40. The Bertz CT molecular complexity index is 488. The molecule has 1 unspecified atom stereocenters. The smallest absolute Gasteiger partial charge is 0.327 e. The van der Waals surface area contributed by atoms with Crippen LogP contribution in [-0.4, -0.2) is 40.8 Å². The molecule has 0 aliphatic carbocycles. The maximum absolute atomic E-state index is 11.7. The second-order valence-corrected chi connectivity index (χ2v) is 5.35. The SMILES string of the molecule is COc1ccc(C2SC[C@@H](C(=O)O)N2C(C)=O)cc1. The molecule has 1 aliphatic rings. The number of rotatable bonds is 3. The molecule has 1 aliphatic heterocycles. The Kier molecular flexibility index (Phi) is 3.99. The van der Waals surface area contributed by atoms with Crippen LogP contribution in [0.3, 0.4) is 0 Å². The Balaban J connectivity index is 2.27. The van der Waals surface area contributed by atoms with Crippen molar-refractivity contribution in [2.75, 3.05) is 12.9 Å². The summed E-state index contributed by atoms with van der Waals surface area (Å²) in [5.74, 6) is -0.0427. The zero-order valence-corrected chi connectivity index (χ0v) is 11.5. The molecule has 1 saturated heterocycles. The van der Waals surface area contributed by atoms with E-state index in [-0.39, 0.29) is 11.3 Å². The molecule has 2 atom stereocenters.